The molecule has 0 bridgehead atoms. The van der Waals surface area contributed by atoms with E-state index in [0.717, 1.165) is 18.4 Å². The predicted molar refractivity (Wildman–Crippen MR) is 86.5 cm³/mol. The third-order valence-corrected chi connectivity index (χ3v) is 4.42. The van der Waals surface area contributed by atoms with Gasteiger partial charge < -0.3 is 9.30 Å². The number of fused-ring (bicyclic) bond motifs is 1. The van der Waals surface area contributed by atoms with Crippen LogP contribution in [0.4, 0.5) is 4.39 Å². The van der Waals surface area contributed by atoms with Crippen LogP contribution in [-0.4, -0.2) is 23.6 Å². The van der Waals surface area contributed by atoms with E-state index in [4.69, 9.17) is 0 Å². The van der Waals surface area contributed by atoms with Crippen LogP contribution in [0.1, 0.15) is 32.6 Å². The van der Waals surface area contributed by atoms with Crippen molar-refractivity contribution in [3.63, 3.8) is 0 Å². The standard InChI is InChI=1S/C16H19FN2O3S/c1-3-4-5-14(20)18-16-19(9-8-15(21)22-2)12-7-6-11(17)10-13(12)23-16/h6-7,10H,3-5,8-9H2,1-2H3. The highest BCUT2D eigenvalue weighted by Gasteiger charge is 2.10. The van der Waals surface area contributed by atoms with Crippen LogP contribution in [0.15, 0.2) is 23.2 Å². The second kappa shape index (κ2) is 8.01. The summed E-state index contributed by atoms with van der Waals surface area (Å²) >= 11 is 1.24. The van der Waals surface area contributed by atoms with Gasteiger partial charge in [0.05, 0.1) is 23.7 Å². The second-order valence-electron chi connectivity index (χ2n) is 5.08. The zero-order valence-corrected chi connectivity index (χ0v) is 14.0. The van der Waals surface area contributed by atoms with E-state index >= 15 is 0 Å². The molecular formula is C16H19FN2O3S. The fraction of sp³-hybridized carbons (Fsp3) is 0.438. The Morgan fingerprint density at radius 3 is 2.83 bits per heavy atom. The summed E-state index contributed by atoms with van der Waals surface area (Å²) in [4.78, 5) is 27.9. The molecule has 0 N–H and O–H groups in total. The second-order valence-corrected chi connectivity index (χ2v) is 6.09. The monoisotopic (exact) mass is 338 g/mol. The largest absolute Gasteiger partial charge is 0.469 e. The fourth-order valence-electron chi connectivity index (χ4n) is 2.14. The Bertz CT molecular complexity index is 779. The van der Waals surface area contributed by atoms with E-state index in [-0.39, 0.29) is 24.1 Å². The van der Waals surface area contributed by atoms with Crippen LogP contribution in [-0.2, 0) is 20.9 Å². The number of esters is 1. The van der Waals surface area contributed by atoms with Gasteiger partial charge in [-0.05, 0) is 24.6 Å². The fourth-order valence-corrected chi connectivity index (χ4v) is 3.24. The van der Waals surface area contributed by atoms with Crippen LogP contribution in [0.2, 0.25) is 0 Å². The van der Waals surface area contributed by atoms with Gasteiger partial charge in [-0.15, -0.1) is 0 Å². The Balaban J connectivity index is 2.42. The molecule has 0 aliphatic heterocycles. The molecule has 1 amide bonds. The molecule has 0 fully saturated rings. The highest BCUT2D eigenvalue weighted by Crippen LogP contribution is 2.19. The molecule has 23 heavy (non-hydrogen) atoms. The number of hydrogen-bond donors (Lipinski definition) is 0. The van der Waals surface area contributed by atoms with E-state index in [9.17, 15) is 14.0 Å². The van der Waals surface area contributed by atoms with Crippen LogP contribution < -0.4 is 4.80 Å². The number of thiazole rings is 1. The lowest BCUT2D eigenvalue weighted by Crippen LogP contribution is -2.19. The molecule has 0 atom stereocenters. The lowest BCUT2D eigenvalue weighted by molar-refractivity contribution is -0.140. The number of halogens is 1. The SMILES string of the molecule is CCCCC(=O)N=c1sc2cc(F)ccc2n1CCC(=O)OC. The number of ether oxygens (including phenoxy) is 1. The smallest absolute Gasteiger partial charge is 0.307 e. The van der Waals surface area contributed by atoms with Gasteiger partial charge >= 0.3 is 5.97 Å². The minimum atomic E-state index is -0.345. The quantitative estimate of drug-likeness (QED) is 0.761. The van der Waals surface area contributed by atoms with Crippen molar-refractivity contribution in [1.29, 1.82) is 0 Å². The maximum Gasteiger partial charge on any atom is 0.307 e. The average molecular weight is 338 g/mol. The lowest BCUT2D eigenvalue weighted by Gasteiger charge is -2.04. The van der Waals surface area contributed by atoms with E-state index in [1.165, 1.54) is 30.6 Å². The zero-order valence-electron chi connectivity index (χ0n) is 13.2. The van der Waals surface area contributed by atoms with Gasteiger partial charge in [0.25, 0.3) is 0 Å². The summed E-state index contributed by atoms with van der Waals surface area (Å²) in [5.74, 6) is -0.893. The topological polar surface area (TPSA) is 60.7 Å². The Hall–Kier alpha value is -2.02. The minimum absolute atomic E-state index is 0.163. The van der Waals surface area contributed by atoms with Crippen molar-refractivity contribution >= 4 is 33.4 Å². The van der Waals surface area contributed by atoms with E-state index < -0.39 is 0 Å². The average Bonchev–Trinajstić information content (AvgIpc) is 2.86. The first-order valence-electron chi connectivity index (χ1n) is 7.48. The summed E-state index contributed by atoms with van der Waals surface area (Å²) < 4.78 is 20.5. The third kappa shape index (κ3) is 4.48. The molecule has 7 heteroatoms. The van der Waals surface area contributed by atoms with Crippen LogP contribution in [0.5, 0.6) is 0 Å². The van der Waals surface area contributed by atoms with E-state index in [1.807, 2.05) is 6.92 Å². The first kappa shape index (κ1) is 17.3. The van der Waals surface area contributed by atoms with Gasteiger partial charge in [0.1, 0.15) is 5.82 Å². The predicted octanol–water partition coefficient (Wildman–Crippen LogP) is 3.02. The summed E-state index contributed by atoms with van der Waals surface area (Å²) in [7, 11) is 1.33. The Labute approximate surface area is 137 Å². The molecule has 0 radical (unpaired) electrons. The van der Waals surface area contributed by atoms with Gasteiger partial charge in [-0.1, -0.05) is 24.7 Å². The summed E-state index contributed by atoms with van der Waals surface area (Å²) in [6.45, 7) is 2.34. The van der Waals surface area contributed by atoms with E-state index in [1.54, 1.807) is 10.6 Å². The number of amides is 1. The first-order chi connectivity index (χ1) is 11.0. The van der Waals surface area contributed by atoms with Crippen molar-refractivity contribution in [2.75, 3.05) is 7.11 Å². The molecule has 0 spiro atoms. The van der Waals surface area contributed by atoms with Crippen molar-refractivity contribution < 1.29 is 18.7 Å². The maximum atomic E-state index is 13.4. The van der Waals surface area contributed by atoms with Gasteiger partial charge in [0, 0.05) is 13.0 Å². The lowest BCUT2D eigenvalue weighted by atomic mass is 10.2. The van der Waals surface area contributed by atoms with Crippen LogP contribution in [0, 0.1) is 5.82 Å². The molecule has 1 heterocycles. The summed E-state index contributed by atoms with van der Waals surface area (Å²) in [6.07, 6.45) is 2.25. The molecule has 2 rings (SSSR count). The number of aryl methyl sites for hydroxylation is 1. The molecule has 0 unspecified atom stereocenters. The van der Waals surface area contributed by atoms with Gasteiger partial charge in [0.2, 0.25) is 5.91 Å². The van der Waals surface area contributed by atoms with Crippen LogP contribution >= 0.6 is 11.3 Å². The van der Waals surface area contributed by atoms with Gasteiger partial charge in [-0.3, -0.25) is 9.59 Å². The summed E-state index contributed by atoms with van der Waals surface area (Å²) in [6, 6.07) is 4.39. The molecule has 0 aliphatic carbocycles. The number of hydrogen-bond acceptors (Lipinski definition) is 4. The third-order valence-electron chi connectivity index (χ3n) is 3.38. The van der Waals surface area contributed by atoms with Crippen molar-refractivity contribution in [3.05, 3.63) is 28.8 Å². The highest BCUT2D eigenvalue weighted by molar-refractivity contribution is 7.16. The maximum absolute atomic E-state index is 13.4. The number of benzene rings is 1. The summed E-state index contributed by atoms with van der Waals surface area (Å²) in [5.41, 5.74) is 0.752. The van der Waals surface area contributed by atoms with Gasteiger partial charge in [-0.2, -0.15) is 4.99 Å². The van der Waals surface area contributed by atoms with Crippen molar-refractivity contribution in [2.45, 2.75) is 39.2 Å². The molecule has 0 aliphatic rings. The minimum Gasteiger partial charge on any atom is -0.469 e. The number of rotatable bonds is 6. The molecule has 0 saturated heterocycles. The van der Waals surface area contributed by atoms with Crippen molar-refractivity contribution in [3.8, 4) is 0 Å². The number of aromatic nitrogens is 1. The molecule has 5 nitrogen and oxygen atoms in total. The van der Waals surface area contributed by atoms with Crippen LogP contribution in [0.25, 0.3) is 10.2 Å². The normalized spacial score (nSPS) is 11.9. The number of unbranched alkanes of at least 4 members (excludes halogenated alkanes) is 1. The highest BCUT2D eigenvalue weighted by atomic mass is 32.1. The van der Waals surface area contributed by atoms with Gasteiger partial charge in [0.15, 0.2) is 4.80 Å². The number of carbonyl (C=O) groups excluding carboxylic acids is 2. The molecule has 124 valence electrons. The molecule has 1 aromatic carbocycles. The van der Waals surface area contributed by atoms with Crippen LogP contribution in [0.3, 0.4) is 0 Å². The first-order valence-corrected chi connectivity index (χ1v) is 8.30. The molecule has 2 aromatic rings. The van der Waals surface area contributed by atoms with Gasteiger partial charge in [-0.25, -0.2) is 4.39 Å². The Morgan fingerprint density at radius 1 is 1.35 bits per heavy atom. The Morgan fingerprint density at radius 2 is 2.13 bits per heavy atom. The van der Waals surface area contributed by atoms with E-state index in [0.29, 0.717) is 22.5 Å². The Kier molecular flexibility index (Phi) is 6.04. The molecular weight excluding hydrogens is 319 g/mol. The molecule has 0 saturated carbocycles. The van der Waals surface area contributed by atoms with Crippen molar-refractivity contribution in [1.82, 2.24) is 4.57 Å². The number of nitrogens with zero attached hydrogens (tertiary/aromatic N) is 2. The zero-order chi connectivity index (χ0) is 16.8. The number of methoxy groups -OCH3 is 1. The van der Waals surface area contributed by atoms with E-state index in [2.05, 4.69) is 9.73 Å². The van der Waals surface area contributed by atoms with Crippen molar-refractivity contribution in [2.24, 2.45) is 4.99 Å². The summed E-state index contributed by atoms with van der Waals surface area (Å²) in [5, 5.41) is 0. The molecule has 1 aromatic heterocycles. The number of carbonyl (C=O) groups is 2.